The first kappa shape index (κ1) is 24.8. The van der Waals surface area contributed by atoms with Crippen LogP contribution in [0.3, 0.4) is 0 Å². The number of aromatic nitrogens is 4. The van der Waals surface area contributed by atoms with E-state index in [9.17, 15) is 19.5 Å². The molecule has 0 aromatic carbocycles. The molecule has 1 fully saturated rings. The molecule has 0 aliphatic carbocycles. The summed E-state index contributed by atoms with van der Waals surface area (Å²) in [6.07, 6.45) is 3.07. The first-order valence-electron chi connectivity index (χ1n) is 9.62. The number of aliphatic carboxylic acids is 1. The highest BCUT2D eigenvalue weighted by molar-refractivity contribution is 8.03. The molecule has 0 saturated carbocycles. The van der Waals surface area contributed by atoms with E-state index in [-0.39, 0.29) is 29.0 Å². The lowest BCUT2D eigenvalue weighted by atomic mass is 10.0. The maximum absolute atomic E-state index is 12.9. The summed E-state index contributed by atoms with van der Waals surface area (Å²) >= 11 is 4.84. The van der Waals surface area contributed by atoms with Crippen LogP contribution >= 0.6 is 46.4 Å². The fourth-order valence-electron chi connectivity index (χ4n) is 3.04. The average molecular weight is 553 g/mol. The molecule has 4 N–H and O–H groups in total. The molecule has 1 saturated heterocycles. The number of nitrogen functional groups attached to an aromatic ring is 1. The van der Waals surface area contributed by atoms with E-state index in [0.29, 0.717) is 15.7 Å². The van der Waals surface area contributed by atoms with Crippen molar-refractivity contribution in [3.8, 4) is 0 Å². The van der Waals surface area contributed by atoms with Gasteiger partial charge in [-0.3, -0.25) is 14.5 Å². The van der Waals surface area contributed by atoms with E-state index in [1.807, 2.05) is 0 Å². The topological polar surface area (TPSA) is 186 Å². The van der Waals surface area contributed by atoms with Crippen molar-refractivity contribution in [1.82, 2.24) is 29.8 Å². The molecule has 13 nitrogen and oxygen atoms in total. The summed E-state index contributed by atoms with van der Waals surface area (Å²) in [6.45, 7) is 3.54. The number of carbonyl (C=O) groups is 3. The monoisotopic (exact) mass is 552 g/mol. The van der Waals surface area contributed by atoms with Crippen molar-refractivity contribution in [2.75, 3.05) is 18.1 Å². The van der Waals surface area contributed by atoms with Gasteiger partial charge in [0.05, 0.1) is 0 Å². The summed E-state index contributed by atoms with van der Waals surface area (Å²) in [6, 6.07) is -0.969. The number of hydrogen-bond acceptors (Lipinski definition) is 14. The molecular weight excluding hydrogens is 537 g/mol. The fourth-order valence-corrected chi connectivity index (χ4v) is 6.03. The largest absolute Gasteiger partial charge is 0.477 e. The van der Waals surface area contributed by atoms with Gasteiger partial charge in [0.2, 0.25) is 11.5 Å². The number of fused-ring (bicyclic) bond motifs is 1. The minimum Gasteiger partial charge on any atom is -0.477 e. The van der Waals surface area contributed by atoms with E-state index in [1.54, 1.807) is 17.0 Å². The van der Waals surface area contributed by atoms with Gasteiger partial charge in [-0.25, -0.2) is 4.79 Å². The Bertz CT molecular complexity index is 1240. The Morgan fingerprint density at radius 2 is 2.31 bits per heavy atom. The summed E-state index contributed by atoms with van der Waals surface area (Å²) in [5, 5.41) is 25.0. The number of nitrogens with two attached hydrogens (primary N) is 1. The minimum atomic E-state index is -1.24. The third-order valence-electron chi connectivity index (χ3n) is 4.48. The van der Waals surface area contributed by atoms with Crippen LogP contribution in [-0.2, 0) is 19.2 Å². The van der Waals surface area contributed by atoms with Gasteiger partial charge in [-0.1, -0.05) is 40.9 Å². The number of amides is 2. The third-order valence-corrected chi connectivity index (χ3v) is 7.94. The Balaban J connectivity index is 1.49. The molecule has 17 heteroatoms. The van der Waals surface area contributed by atoms with Crippen LogP contribution in [0.15, 0.2) is 50.4 Å². The van der Waals surface area contributed by atoms with Crippen LogP contribution in [0.2, 0.25) is 0 Å². The number of anilines is 1. The number of thioether (sulfide) groups is 2. The lowest BCUT2D eigenvalue weighted by molar-refractivity contribution is -0.150. The number of carboxylic acids is 1. The van der Waals surface area contributed by atoms with Crippen LogP contribution in [0.1, 0.15) is 5.82 Å². The second kappa shape index (κ2) is 11.0. The van der Waals surface area contributed by atoms with Crippen molar-refractivity contribution in [3.05, 3.63) is 46.7 Å². The zero-order valence-corrected chi connectivity index (χ0v) is 20.8. The van der Waals surface area contributed by atoms with Gasteiger partial charge in [-0.05, 0) is 17.1 Å². The molecule has 182 valence electrons. The zero-order valence-electron chi connectivity index (χ0n) is 17.6. The molecule has 2 aromatic rings. The lowest BCUT2D eigenvalue weighted by Gasteiger charge is -2.49. The summed E-state index contributed by atoms with van der Waals surface area (Å²) in [5.41, 5.74) is 7.27. The van der Waals surface area contributed by atoms with Crippen LogP contribution in [-0.4, -0.2) is 76.8 Å². The van der Waals surface area contributed by atoms with E-state index in [4.69, 9.17) is 10.6 Å². The highest BCUT2D eigenvalue weighted by atomic mass is 32.2. The molecular formula is C18H16N8O5S4. The third kappa shape index (κ3) is 5.37. The highest BCUT2D eigenvalue weighted by Crippen LogP contribution is 2.41. The summed E-state index contributed by atoms with van der Waals surface area (Å²) in [4.78, 5) is 47.9. The van der Waals surface area contributed by atoms with Crippen molar-refractivity contribution in [3.63, 3.8) is 0 Å². The van der Waals surface area contributed by atoms with Gasteiger partial charge in [-0.15, -0.1) is 22.0 Å². The van der Waals surface area contributed by atoms with E-state index in [0.717, 1.165) is 11.5 Å². The number of nitrogens with one attached hydrogen (secondary N) is 1. The molecule has 0 bridgehead atoms. The van der Waals surface area contributed by atoms with Crippen LogP contribution < -0.4 is 11.1 Å². The number of hydrogen-bond donors (Lipinski definition) is 3. The fraction of sp³-hybridized carbons (Fsp3) is 0.222. The van der Waals surface area contributed by atoms with Crippen molar-refractivity contribution in [2.45, 2.75) is 15.8 Å². The number of allylic oxidation sites excluding steroid dienone is 1. The predicted octanol–water partition coefficient (Wildman–Crippen LogP) is 0.923. The number of β-lactam (4-membered cyclic amide) rings is 1. The summed E-state index contributed by atoms with van der Waals surface area (Å²) in [7, 11) is 0. The Labute approximate surface area is 214 Å². The molecule has 2 amide bonds. The van der Waals surface area contributed by atoms with Crippen LogP contribution in [0.5, 0.6) is 0 Å². The maximum atomic E-state index is 12.9. The Kier molecular flexibility index (Phi) is 7.79. The second-order valence-electron chi connectivity index (χ2n) is 6.65. The molecule has 4 rings (SSSR count). The molecule has 2 aliphatic heterocycles. The summed E-state index contributed by atoms with van der Waals surface area (Å²) in [5.74, 6) is -2.29. The van der Waals surface area contributed by atoms with Crippen LogP contribution in [0.4, 0.5) is 5.13 Å². The van der Waals surface area contributed by atoms with Crippen molar-refractivity contribution >= 4 is 75.0 Å². The average Bonchev–Trinajstić information content (AvgIpc) is 3.51. The number of nitrogens with zero attached hydrogens (tertiary/aromatic N) is 6. The van der Waals surface area contributed by atoms with Crippen molar-refractivity contribution in [2.24, 2.45) is 5.16 Å². The standard InChI is InChI=1S/C18H16N8O5S4/c1-2-4-31-24-9(12-22-17(19)35-25-12)13(27)21-10-14(28)26-11(16(29)30)8(6-33-15(10)26)3-5-32-18-23-20-7-34-18/h2-3,5,7,10,15H,1,4,6H2,(H,21,27)(H,29,30)(H2,19,22,25)/t10?,15-/m0/s1. The van der Waals surface area contributed by atoms with Crippen LogP contribution in [0, 0.1) is 0 Å². The smallest absolute Gasteiger partial charge is 0.352 e. The van der Waals surface area contributed by atoms with Crippen molar-refractivity contribution < 1.29 is 24.3 Å². The molecule has 4 heterocycles. The van der Waals surface area contributed by atoms with Crippen molar-refractivity contribution in [1.29, 1.82) is 0 Å². The van der Waals surface area contributed by atoms with E-state index in [1.165, 1.54) is 45.8 Å². The predicted molar refractivity (Wildman–Crippen MR) is 132 cm³/mol. The van der Waals surface area contributed by atoms with Gasteiger partial charge in [-0.2, -0.15) is 9.36 Å². The Morgan fingerprint density at radius 1 is 1.49 bits per heavy atom. The number of rotatable bonds is 10. The van der Waals surface area contributed by atoms with Gasteiger partial charge in [0, 0.05) is 17.3 Å². The maximum Gasteiger partial charge on any atom is 0.352 e. The second-order valence-corrected chi connectivity index (χ2v) is 10.5. The Morgan fingerprint density at radius 3 is 2.97 bits per heavy atom. The first-order valence-corrected chi connectivity index (χ1v) is 13.2. The van der Waals surface area contributed by atoms with E-state index >= 15 is 0 Å². The molecule has 0 spiro atoms. The summed E-state index contributed by atoms with van der Waals surface area (Å²) < 4.78 is 4.67. The number of carbonyl (C=O) groups excluding carboxylic acids is 2. The number of carboxylic acid groups (broad SMARTS) is 1. The van der Waals surface area contributed by atoms with E-state index in [2.05, 4.69) is 36.6 Å². The van der Waals surface area contributed by atoms with Gasteiger partial charge in [0.15, 0.2) is 9.47 Å². The highest BCUT2D eigenvalue weighted by Gasteiger charge is 2.54. The van der Waals surface area contributed by atoms with Gasteiger partial charge < -0.3 is 21.0 Å². The molecule has 2 atom stereocenters. The number of oxime groups is 1. The van der Waals surface area contributed by atoms with E-state index < -0.39 is 29.2 Å². The molecule has 35 heavy (non-hydrogen) atoms. The molecule has 2 aliphatic rings. The Hall–Kier alpha value is -3.28. The first-order chi connectivity index (χ1) is 16.9. The quantitative estimate of drug-likeness (QED) is 0.0946. The molecule has 0 radical (unpaired) electrons. The van der Waals surface area contributed by atoms with Gasteiger partial charge in [0.25, 0.3) is 11.8 Å². The SMILES string of the molecule is C=CCON=C(C(=O)NC1C(=O)N2C(C(=O)O)=C(C=CSc3nncs3)CS[C@@H]12)c1nsc(N)n1. The zero-order chi connectivity index (χ0) is 24.9. The molecule has 2 aromatic heterocycles. The van der Waals surface area contributed by atoms with Crippen LogP contribution in [0.25, 0.3) is 0 Å². The van der Waals surface area contributed by atoms with Gasteiger partial charge >= 0.3 is 5.97 Å². The minimum absolute atomic E-state index is 0.0332. The normalized spacial score (nSPS) is 19.9. The van der Waals surface area contributed by atoms with Gasteiger partial charge in [0.1, 0.15) is 29.2 Å². The molecule has 1 unspecified atom stereocenters. The lowest BCUT2D eigenvalue weighted by Crippen LogP contribution is -2.71.